The van der Waals surface area contributed by atoms with Crippen LogP contribution >= 0.6 is 0 Å². The van der Waals surface area contributed by atoms with Crippen molar-refractivity contribution >= 4 is 5.91 Å². The van der Waals surface area contributed by atoms with E-state index in [4.69, 9.17) is 13.9 Å². The van der Waals surface area contributed by atoms with Crippen molar-refractivity contribution < 1.29 is 18.7 Å². The molecule has 2 aromatic rings. The van der Waals surface area contributed by atoms with E-state index in [2.05, 4.69) is 4.98 Å². The zero-order valence-corrected chi connectivity index (χ0v) is 14.9. The summed E-state index contributed by atoms with van der Waals surface area (Å²) >= 11 is 0. The molecular formula is C20H24N2O4. The quantitative estimate of drug-likeness (QED) is 0.824. The lowest BCUT2D eigenvalue weighted by Gasteiger charge is -2.25. The SMILES string of the molecule is O=C(CCOc1ccccc1)N1CCc2oc(C3CCOCC3)nc2C1. The van der Waals surface area contributed by atoms with Gasteiger partial charge in [-0.3, -0.25) is 4.79 Å². The summed E-state index contributed by atoms with van der Waals surface area (Å²) < 4.78 is 17.0. The van der Waals surface area contributed by atoms with Gasteiger partial charge >= 0.3 is 0 Å². The van der Waals surface area contributed by atoms with Crippen molar-refractivity contribution in [2.75, 3.05) is 26.4 Å². The van der Waals surface area contributed by atoms with E-state index in [0.29, 0.717) is 32.0 Å². The molecule has 2 aliphatic rings. The second-order valence-corrected chi connectivity index (χ2v) is 6.79. The molecule has 0 spiro atoms. The van der Waals surface area contributed by atoms with Crippen LogP contribution in [0.2, 0.25) is 0 Å². The van der Waals surface area contributed by atoms with Crippen molar-refractivity contribution in [2.24, 2.45) is 0 Å². The molecule has 138 valence electrons. The van der Waals surface area contributed by atoms with Crippen molar-refractivity contribution in [1.29, 1.82) is 0 Å². The van der Waals surface area contributed by atoms with E-state index in [1.54, 1.807) is 0 Å². The lowest BCUT2D eigenvalue weighted by atomic mass is 10.0. The van der Waals surface area contributed by atoms with Gasteiger partial charge in [0.15, 0.2) is 5.89 Å². The van der Waals surface area contributed by atoms with Gasteiger partial charge in [-0.1, -0.05) is 18.2 Å². The Bertz CT molecular complexity index is 738. The van der Waals surface area contributed by atoms with Gasteiger partial charge < -0.3 is 18.8 Å². The minimum atomic E-state index is 0.0993. The number of nitrogens with zero attached hydrogens (tertiary/aromatic N) is 2. The second-order valence-electron chi connectivity index (χ2n) is 6.79. The lowest BCUT2D eigenvalue weighted by molar-refractivity contribution is -0.132. The summed E-state index contributed by atoms with van der Waals surface area (Å²) in [6.07, 6.45) is 3.02. The van der Waals surface area contributed by atoms with Crippen LogP contribution in [0.3, 0.4) is 0 Å². The highest BCUT2D eigenvalue weighted by molar-refractivity contribution is 5.76. The fraction of sp³-hybridized carbons (Fsp3) is 0.500. The van der Waals surface area contributed by atoms with Crippen molar-refractivity contribution in [3.05, 3.63) is 47.7 Å². The average Bonchev–Trinajstić information content (AvgIpc) is 3.13. The number of para-hydroxylation sites is 1. The number of amides is 1. The van der Waals surface area contributed by atoms with Crippen LogP contribution in [-0.2, 0) is 22.5 Å². The van der Waals surface area contributed by atoms with Crippen LogP contribution in [0.15, 0.2) is 34.7 Å². The summed E-state index contributed by atoms with van der Waals surface area (Å²) in [6, 6.07) is 9.57. The molecule has 1 fully saturated rings. The van der Waals surface area contributed by atoms with E-state index >= 15 is 0 Å². The van der Waals surface area contributed by atoms with Gasteiger partial charge in [0, 0.05) is 32.1 Å². The number of oxazole rings is 1. The minimum Gasteiger partial charge on any atom is -0.493 e. The maximum Gasteiger partial charge on any atom is 0.226 e. The number of carbonyl (C=O) groups excluding carboxylic acids is 1. The first-order valence-electron chi connectivity index (χ1n) is 9.31. The summed E-state index contributed by atoms with van der Waals surface area (Å²) in [4.78, 5) is 19.0. The normalized spacial score (nSPS) is 17.8. The standard InChI is InChI=1S/C20H24N2O4/c23-19(9-13-25-16-4-2-1-3-5-16)22-10-6-18-17(14-22)21-20(26-18)15-7-11-24-12-8-15/h1-5,15H,6-14H2. The van der Waals surface area contributed by atoms with Gasteiger partial charge in [-0.05, 0) is 25.0 Å². The van der Waals surface area contributed by atoms with E-state index in [9.17, 15) is 4.79 Å². The highest BCUT2D eigenvalue weighted by atomic mass is 16.5. The van der Waals surface area contributed by atoms with E-state index in [0.717, 1.165) is 55.6 Å². The van der Waals surface area contributed by atoms with Crippen LogP contribution in [0.25, 0.3) is 0 Å². The van der Waals surface area contributed by atoms with E-state index < -0.39 is 0 Å². The number of ether oxygens (including phenoxy) is 2. The minimum absolute atomic E-state index is 0.0993. The summed E-state index contributed by atoms with van der Waals surface area (Å²) in [5.74, 6) is 3.00. The number of aromatic nitrogens is 1. The molecule has 1 amide bonds. The van der Waals surface area contributed by atoms with Gasteiger partial charge in [-0.15, -0.1) is 0 Å². The highest BCUT2D eigenvalue weighted by Gasteiger charge is 2.28. The molecule has 1 saturated heterocycles. The van der Waals surface area contributed by atoms with Crippen molar-refractivity contribution in [2.45, 2.75) is 38.1 Å². The molecule has 0 bridgehead atoms. The first-order valence-corrected chi connectivity index (χ1v) is 9.31. The van der Waals surface area contributed by atoms with Gasteiger partial charge in [-0.25, -0.2) is 4.98 Å². The van der Waals surface area contributed by atoms with Gasteiger partial charge in [0.05, 0.1) is 19.6 Å². The molecule has 0 saturated carbocycles. The van der Waals surface area contributed by atoms with E-state index in [1.807, 2.05) is 35.2 Å². The fourth-order valence-corrected chi connectivity index (χ4v) is 3.48. The molecule has 0 unspecified atom stereocenters. The Morgan fingerprint density at radius 2 is 2.04 bits per heavy atom. The van der Waals surface area contributed by atoms with Gasteiger partial charge in [-0.2, -0.15) is 0 Å². The monoisotopic (exact) mass is 356 g/mol. The van der Waals surface area contributed by atoms with Crippen molar-refractivity contribution in [3.63, 3.8) is 0 Å². The molecule has 0 radical (unpaired) electrons. The summed E-state index contributed by atoms with van der Waals surface area (Å²) in [6.45, 7) is 3.14. The first-order chi connectivity index (χ1) is 12.8. The Morgan fingerprint density at radius 3 is 2.85 bits per heavy atom. The first kappa shape index (κ1) is 17.1. The number of hydrogen-bond donors (Lipinski definition) is 0. The zero-order chi connectivity index (χ0) is 17.8. The molecule has 0 N–H and O–H groups in total. The molecule has 0 aliphatic carbocycles. The number of rotatable bonds is 5. The predicted octanol–water partition coefficient (Wildman–Crippen LogP) is 2.92. The van der Waals surface area contributed by atoms with Crippen LogP contribution in [-0.4, -0.2) is 42.2 Å². The van der Waals surface area contributed by atoms with E-state index in [-0.39, 0.29) is 5.91 Å². The Balaban J connectivity index is 1.31. The maximum atomic E-state index is 12.5. The molecule has 1 aromatic carbocycles. The summed E-state index contributed by atoms with van der Waals surface area (Å²) in [5.41, 5.74) is 0.912. The van der Waals surface area contributed by atoms with Gasteiger partial charge in [0.25, 0.3) is 0 Å². The topological polar surface area (TPSA) is 64.8 Å². The second kappa shape index (κ2) is 7.91. The number of fused-ring (bicyclic) bond motifs is 1. The number of carbonyl (C=O) groups is 1. The predicted molar refractivity (Wildman–Crippen MR) is 95.0 cm³/mol. The Labute approximate surface area is 153 Å². The molecule has 6 heteroatoms. The van der Waals surface area contributed by atoms with Crippen LogP contribution in [0.1, 0.15) is 42.5 Å². The molecule has 3 heterocycles. The van der Waals surface area contributed by atoms with Crippen molar-refractivity contribution in [1.82, 2.24) is 9.88 Å². The van der Waals surface area contributed by atoms with Crippen LogP contribution in [0.4, 0.5) is 0 Å². The third-order valence-corrected chi connectivity index (χ3v) is 5.00. The Morgan fingerprint density at radius 1 is 1.23 bits per heavy atom. The average molecular weight is 356 g/mol. The molecule has 1 aromatic heterocycles. The van der Waals surface area contributed by atoms with Crippen molar-refractivity contribution in [3.8, 4) is 5.75 Å². The molecule has 4 rings (SSSR count). The maximum absolute atomic E-state index is 12.5. The number of hydrogen-bond acceptors (Lipinski definition) is 5. The van der Waals surface area contributed by atoms with Crippen LogP contribution < -0.4 is 4.74 Å². The van der Waals surface area contributed by atoms with E-state index in [1.165, 1.54) is 0 Å². The van der Waals surface area contributed by atoms with Gasteiger partial charge in [0.2, 0.25) is 5.91 Å². The fourth-order valence-electron chi connectivity index (χ4n) is 3.48. The summed E-state index contributed by atoms with van der Waals surface area (Å²) in [7, 11) is 0. The van der Waals surface area contributed by atoms with Gasteiger partial charge in [0.1, 0.15) is 17.2 Å². The molecular weight excluding hydrogens is 332 g/mol. The largest absolute Gasteiger partial charge is 0.493 e. The Hall–Kier alpha value is -2.34. The zero-order valence-electron chi connectivity index (χ0n) is 14.9. The van der Waals surface area contributed by atoms with Crippen LogP contribution in [0, 0.1) is 0 Å². The molecule has 26 heavy (non-hydrogen) atoms. The Kier molecular flexibility index (Phi) is 5.20. The lowest BCUT2D eigenvalue weighted by Crippen LogP contribution is -2.36. The number of benzene rings is 1. The molecule has 2 aliphatic heterocycles. The smallest absolute Gasteiger partial charge is 0.226 e. The third-order valence-electron chi connectivity index (χ3n) is 5.00. The van der Waals surface area contributed by atoms with Crippen LogP contribution in [0.5, 0.6) is 5.75 Å². The molecule has 6 nitrogen and oxygen atoms in total. The molecule has 0 atom stereocenters. The highest BCUT2D eigenvalue weighted by Crippen LogP contribution is 2.30. The third kappa shape index (κ3) is 3.90. The summed E-state index contributed by atoms with van der Waals surface area (Å²) in [5, 5.41) is 0.